The number of hydrogen-bond acceptors (Lipinski definition) is 4. The first-order valence-electron chi connectivity index (χ1n) is 6.13. The van der Waals surface area contributed by atoms with Crippen LogP contribution in [0, 0.1) is 0 Å². The molecule has 2 amide bonds. The smallest absolute Gasteiger partial charge is 0.234 e. The van der Waals surface area contributed by atoms with Crippen LogP contribution in [0.5, 0.6) is 0 Å². The lowest BCUT2D eigenvalue weighted by Gasteiger charge is -2.22. The van der Waals surface area contributed by atoms with E-state index in [1.54, 1.807) is 18.3 Å². The van der Waals surface area contributed by atoms with Crippen molar-refractivity contribution in [2.45, 2.75) is 18.8 Å². The molecule has 3 rings (SSSR count). The number of nitrogens with one attached hydrogen (secondary N) is 1. The number of rotatable bonds is 1. The van der Waals surface area contributed by atoms with Crippen LogP contribution in [-0.2, 0) is 9.59 Å². The number of carbonyl (C=O) groups is 2. The second-order valence-electron chi connectivity index (χ2n) is 4.68. The summed E-state index contributed by atoms with van der Waals surface area (Å²) in [6, 6.07) is 7.32. The molecule has 5 nitrogen and oxygen atoms in total. The SMILES string of the molecule is Nc1cc(C2CCC(=O)NC2=O)c2cccnc2c1. The lowest BCUT2D eigenvalue weighted by atomic mass is 9.88. The molecule has 0 radical (unpaired) electrons. The van der Waals surface area contributed by atoms with E-state index in [2.05, 4.69) is 10.3 Å². The topological polar surface area (TPSA) is 85.1 Å². The Morgan fingerprint density at radius 3 is 2.95 bits per heavy atom. The molecule has 1 aromatic heterocycles. The van der Waals surface area contributed by atoms with E-state index in [1.165, 1.54) is 0 Å². The number of amides is 2. The second kappa shape index (κ2) is 4.35. The number of fused-ring (bicyclic) bond motifs is 1. The molecule has 1 atom stereocenters. The molecule has 5 heteroatoms. The van der Waals surface area contributed by atoms with Gasteiger partial charge in [0, 0.05) is 23.7 Å². The molecule has 1 aromatic carbocycles. The molecule has 0 spiro atoms. The third-order valence-electron chi connectivity index (χ3n) is 3.39. The standard InChI is InChI=1S/C14H13N3O2/c15-8-6-11(9-2-1-5-16-12(9)7-8)10-3-4-13(18)17-14(10)19/h1-2,5-7,10H,3-4,15H2,(H,17,18,19). The molecular weight excluding hydrogens is 242 g/mol. The highest BCUT2D eigenvalue weighted by atomic mass is 16.2. The summed E-state index contributed by atoms with van der Waals surface area (Å²) in [4.78, 5) is 27.4. The van der Waals surface area contributed by atoms with E-state index in [9.17, 15) is 9.59 Å². The molecule has 1 aliphatic rings. The molecule has 1 fully saturated rings. The summed E-state index contributed by atoms with van der Waals surface area (Å²) >= 11 is 0. The van der Waals surface area contributed by atoms with Gasteiger partial charge in [-0.05, 0) is 30.2 Å². The van der Waals surface area contributed by atoms with Gasteiger partial charge in [0.2, 0.25) is 11.8 Å². The van der Waals surface area contributed by atoms with Crippen LogP contribution in [0.2, 0.25) is 0 Å². The number of nitrogen functional groups attached to an aromatic ring is 1. The minimum Gasteiger partial charge on any atom is -0.399 e. The summed E-state index contributed by atoms with van der Waals surface area (Å²) < 4.78 is 0. The number of carbonyl (C=O) groups excluding carboxylic acids is 2. The number of pyridine rings is 1. The summed E-state index contributed by atoms with van der Waals surface area (Å²) in [6.07, 6.45) is 2.56. The molecule has 1 unspecified atom stereocenters. The number of piperidine rings is 1. The Hall–Kier alpha value is -2.43. The van der Waals surface area contributed by atoms with Crippen molar-refractivity contribution in [3.8, 4) is 0 Å². The molecular formula is C14H13N3O2. The summed E-state index contributed by atoms with van der Waals surface area (Å²) in [7, 11) is 0. The number of nitrogens with two attached hydrogens (primary N) is 1. The van der Waals surface area contributed by atoms with Crippen LogP contribution in [0.15, 0.2) is 30.5 Å². The van der Waals surface area contributed by atoms with Crippen LogP contribution in [0.25, 0.3) is 10.9 Å². The summed E-state index contributed by atoms with van der Waals surface area (Å²) in [5.41, 5.74) is 8.05. The van der Waals surface area contributed by atoms with E-state index in [1.807, 2.05) is 12.1 Å². The van der Waals surface area contributed by atoms with E-state index in [0.29, 0.717) is 18.5 Å². The van der Waals surface area contributed by atoms with Crippen molar-refractivity contribution >= 4 is 28.4 Å². The van der Waals surface area contributed by atoms with Gasteiger partial charge in [0.25, 0.3) is 0 Å². The molecule has 96 valence electrons. The average Bonchev–Trinajstić information content (AvgIpc) is 2.38. The largest absolute Gasteiger partial charge is 0.399 e. The van der Waals surface area contributed by atoms with Crippen molar-refractivity contribution in [2.75, 3.05) is 5.73 Å². The fourth-order valence-corrected chi connectivity index (χ4v) is 2.51. The van der Waals surface area contributed by atoms with Crippen LogP contribution >= 0.6 is 0 Å². The normalized spacial score (nSPS) is 19.5. The number of benzene rings is 1. The van der Waals surface area contributed by atoms with Crippen molar-refractivity contribution in [1.82, 2.24) is 10.3 Å². The van der Waals surface area contributed by atoms with Gasteiger partial charge in [-0.3, -0.25) is 19.9 Å². The maximum atomic E-state index is 12.0. The highest BCUT2D eigenvalue weighted by molar-refractivity contribution is 6.03. The van der Waals surface area contributed by atoms with Crippen molar-refractivity contribution < 1.29 is 9.59 Å². The number of imide groups is 1. The maximum absolute atomic E-state index is 12.0. The van der Waals surface area contributed by atoms with Crippen LogP contribution in [0.3, 0.4) is 0 Å². The molecule has 0 aliphatic carbocycles. The van der Waals surface area contributed by atoms with Gasteiger partial charge in [0.15, 0.2) is 0 Å². The van der Waals surface area contributed by atoms with Crippen LogP contribution < -0.4 is 11.1 Å². The van der Waals surface area contributed by atoms with E-state index in [0.717, 1.165) is 16.5 Å². The lowest BCUT2D eigenvalue weighted by molar-refractivity contribution is -0.134. The van der Waals surface area contributed by atoms with E-state index >= 15 is 0 Å². The van der Waals surface area contributed by atoms with Gasteiger partial charge in [-0.1, -0.05) is 6.07 Å². The fraction of sp³-hybridized carbons (Fsp3) is 0.214. The van der Waals surface area contributed by atoms with Gasteiger partial charge < -0.3 is 5.73 Å². The molecule has 19 heavy (non-hydrogen) atoms. The predicted molar refractivity (Wildman–Crippen MR) is 71.3 cm³/mol. The molecule has 1 aliphatic heterocycles. The summed E-state index contributed by atoms with van der Waals surface area (Å²) in [5.74, 6) is -0.813. The highest BCUT2D eigenvalue weighted by Gasteiger charge is 2.29. The maximum Gasteiger partial charge on any atom is 0.234 e. The quantitative estimate of drug-likeness (QED) is 0.594. The average molecular weight is 255 g/mol. The fourth-order valence-electron chi connectivity index (χ4n) is 2.51. The molecule has 1 saturated heterocycles. The van der Waals surface area contributed by atoms with Gasteiger partial charge in [-0.2, -0.15) is 0 Å². The Kier molecular flexibility index (Phi) is 2.67. The first-order chi connectivity index (χ1) is 9.15. The van der Waals surface area contributed by atoms with Gasteiger partial charge in [-0.25, -0.2) is 0 Å². The summed E-state index contributed by atoms with van der Waals surface area (Å²) in [5, 5.41) is 3.28. The zero-order valence-corrected chi connectivity index (χ0v) is 10.2. The lowest BCUT2D eigenvalue weighted by Crippen LogP contribution is -2.39. The number of hydrogen-bond donors (Lipinski definition) is 2. The van der Waals surface area contributed by atoms with Crippen molar-refractivity contribution in [3.63, 3.8) is 0 Å². The van der Waals surface area contributed by atoms with Crippen LogP contribution in [-0.4, -0.2) is 16.8 Å². The Labute approximate surface area is 109 Å². The highest BCUT2D eigenvalue weighted by Crippen LogP contribution is 2.32. The summed E-state index contributed by atoms with van der Waals surface area (Å²) in [6.45, 7) is 0. The Morgan fingerprint density at radius 2 is 2.16 bits per heavy atom. The molecule has 2 heterocycles. The van der Waals surface area contributed by atoms with Crippen molar-refractivity contribution in [2.24, 2.45) is 0 Å². The second-order valence-corrected chi connectivity index (χ2v) is 4.68. The molecule has 2 aromatic rings. The van der Waals surface area contributed by atoms with Crippen LogP contribution in [0.1, 0.15) is 24.3 Å². The Balaban J connectivity index is 2.14. The molecule has 0 bridgehead atoms. The van der Waals surface area contributed by atoms with Gasteiger partial charge >= 0.3 is 0 Å². The van der Waals surface area contributed by atoms with Crippen molar-refractivity contribution in [3.05, 3.63) is 36.0 Å². The zero-order valence-electron chi connectivity index (χ0n) is 10.2. The minimum absolute atomic E-state index is 0.215. The van der Waals surface area contributed by atoms with Gasteiger partial charge in [0.1, 0.15) is 0 Å². The number of nitrogens with zero attached hydrogens (tertiary/aromatic N) is 1. The minimum atomic E-state index is -0.340. The Bertz CT molecular complexity index is 681. The van der Waals surface area contributed by atoms with Crippen LogP contribution in [0.4, 0.5) is 5.69 Å². The Morgan fingerprint density at radius 1 is 1.32 bits per heavy atom. The van der Waals surface area contributed by atoms with E-state index in [-0.39, 0.29) is 17.7 Å². The van der Waals surface area contributed by atoms with E-state index < -0.39 is 0 Å². The first-order valence-corrected chi connectivity index (χ1v) is 6.13. The van der Waals surface area contributed by atoms with Crippen molar-refractivity contribution in [1.29, 1.82) is 0 Å². The molecule has 0 saturated carbocycles. The molecule has 3 N–H and O–H groups in total. The number of anilines is 1. The van der Waals surface area contributed by atoms with E-state index in [4.69, 9.17) is 5.73 Å². The third kappa shape index (κ3) is 2.03. The third-order valence-corrected chi connectivity index (χ3v) is 3.39. The number of aromatic nitrogens is 1. The predicted octanol–water partition coefficient (Wildman–Crippen LogP) is 1.34. The zero-order chi connectivity index (χ0) is 13.4. The monoisotopic (exact) mass is 255 g/mol. The van der Waals surface area contributed by atoms with Gasteiger partial charge in [-0.15, -0.1) is 0 Å². The first kappa shape index (κ1) is 11.6. The van der Waals surface area contributed by atoms with Gasteiger partial charge in [0.05, 0.1) is 11.4 Å².